The van der Waals surface area contributed by atoms with E-state index in [1.54, 1.807) is 49.0 Å². The predicted molar refractivity (Wildman–Crippen MR) is 184 cm³/mol. The van der Waals surface area contributed by atoms with Crippen molar-refractivity contribution in [3.05, 3.63) is 106 Å². The first-order valence-corrected chi connectivity index (χ1v) is 17.4. The Hall–Kier alpha value is -4.87. The Labute approximate surface area is 293 Å². The maximum absolute atomic E-state index is 13.3. The average molecular weight is 693 g/mol. The number of hydrogen-bond acceptors (Lipinski definition) is 7. The van der Waals surface area contributed by atoms with Crippen molar-refractivity contribution in [1.82, 2.24) is 19.6 Å². The van der Waals surface area contributed by atoms with E-state index in [2.05, 4.69) is 16.3 Å². The Morgan fingerprint density at radius 2 is 1.18 bits per heavy atom. The maximum Gasteiger partial charge on any atom is 0.170 e. The Morgan fingerprint density at radius 1 is 0.686 bits per heavy atom. The van der Waals surface area contributed by atoms with Gasteiger partial charge in [-0.1, -0.05) is 11.1 Å². The van der Waals surface area contributed by atoms with Crippen LogP contribution in [0.1, 0.15) is 74.9 Å². The molecule has 4 aromatic rings. The van der Waals surface area contributed by atoms with Gasteiger partial charge >= 0.3 is 0 Å². The molecule has 2 aromatic heterocycles. The summed E-state index contributed by atoms with van der Waals surface area (Å²) in [6, 6.07) is 12.4. The van der Waals surface area contributed by atoms with Crippen LogP contribution in [0.2, 0.25) is 0 Å². The molecule has 0 amide bonds. The summed E-state index contributed by atoms with van der Waals surface area (Å²) in [5.74, 6) is -0.860. The lowest BCUT2D eigenvalue weighted by molar-refractivity contribution is -0.193. The second kappa shape index (κ2) is 12.4. The molecule has 3 heterocycles. The molecule has 1 saturated heterocycles. The molecule has 2 saturated carbocycles. The highest BCUT2D eigenvalue weighted by molar-refractivity contribution is 5.96. The fourth-order valence-corrected chi connectivity index (χ4v) is 8.66. The number of Topliss-reactive ketones (excluding diaryl/α,β-unsaturated/α-hetero) is 3. The van der Waals surface area contributed by atoms with E-state index in [4.69, 9.17) is 9.47 Å². The Kier molecular flexibility index (Phi) is 8.10. The number of aromatic nitrogens is 4. The molecule has 51 heavy (non-hydrogen) atoms. The Balaban J connectivity index is 0.000000148. The molecule has 2 atom stereocenters. The Bertz CT molecular complexity index is 2120. The molecule has 2 aromatic carbocycles. The number of carbonyl (C=O) groups is 3. The van der Waals surface area contributed by atoms with Crippen LogP contribution in [-0.4, -0.2) is 55.9 Å². The number of rotatable bonds is 4. The van der Waals surface area contributed by atoms with Gasteiger partial charge in [-0.25, -0.2) is 18.1 Å². The van der Waals surface area contributed by atoms with E-state index in [1.165, 1.54) is 24.3 Å². The summed E-state index contributed by atoms with van der Waals surface area (Å²) >= 11 is 0. The lowest BCUT2D eigenvalue weighted by Gasteiger charge is -2.46. The standard InChI is InChI=1S/C21H21FN2O3.C19H17FN2O2/c1-14(25)20-11-15-12-23-24(18-4-2-17(22)3-5-18)19(15)10-16(20)6-7-21(13-20)26-8-9-27-21;1-12(23)19-9-13-11-21-22(16-5-3-15(20)4-6-16)18(13)8-14(19)2-7-17(24)10-19/h2-5,10,12H,6-9,11,13H2,1H3;3-6,8,11H,2,7,9-10H2,1H3/t20-;19-/m11/s1. The molecule has 0 bridgehead atoms. The monoisotopic (exact) mass is 692 g/mol. The van der Waals surface area contributed by atoms with Gasteiger partial charge in [-0.05, 0) is 111 Å². The van der Waals surface area contributed by atoms with Crippen LogP contribution in [0.25, 0.3) is 23.5 Å². The highest BCUT2D eigenvalue weighted by Crippen LogP contribution is 2.54. The number of allylic oxidation sites excluding steroid dienone is 2. The molecule has 0 N–H and O–H groups in total. The molecule has 1 aliphatic heterocycles. The van der Waals surface area contributed by atoms with Gasteiger partial charge in [0, 0.05) is 25.7 Å². The van der Waals surface area contributed by atoms with Crippen molar-refractivity contribution >= 4 is 29.5 Å². The van der Waals surface area contributed by atoms with Crippen molar-refractivity contribution < 1.29 is 32.6 Å². The van der Waals surface area contributed by atoms with Gasteiger partial charge < -0.3 is 9.47 Å². The number of benzene rings is 2. The predicted octanol–water partition coefficient (Wildman–Crippen LogP) is 6.73. The van der Waals surface area contributed by atoms with E-state index in [0.29, 0.717) is 45.3 Å². The van der Waals surface area contributed by atoms with Gasteiger partial charge in [-0.15, -0.1) is 0 Å². The summed E-state index contributed by atoms with van der Waals surface area (Å²) in [7, 11) is 0. The van der Waals surface area contributed by atoms with Crippen LogP contribution in [0.5, 0.6) is 0 Å². The largest absolute Gasteiger partial charge is 0.347 e. The molecule has 4 aliphatic carbocycles. The van der Waals surface area contributed by atoms with Crippen LogP contribution in [0.15, 0.2) is 72.1 Å². The number of hydrogen-bond donors (Lipinski definition) is 0. The van der Waals surface area contributed by atoms with Crippen LogP contribution in [0, 0.1) is 22.5 Å². The van der Waals surface area contributed by atoms with Crippen LogP contribution in [0.3, 0.4) is 0 Å². The van der Waals surface area contributed by atoms with Crippen molar-refractivity contribution in [2.45, 2.75) is 71.0 Å². The second-order valence-corrected chi connectivity index (χ2v) is 14.4. The first-order valence-electron chi connectivity index (χ1n) is 17.4. The Morgan fingerprint density at radius 3 is 1.69 bits per heavy atom. The number of fused-ring (bicyclic) bond motifs is 4. The first kappa shape index (κ1) is 33.3. The van der Waals surface area contributed by atoms with E-state index < -0.39 is 16.6 Å². The SMILES string of the molecule is CC(=O)[C@@]12CC(=O)CCC1=Cc1c(cnn1-c1ccc(F)cc1)C2.CC(=O)[C@]12Cc3cnn(-c4ccc(F)cc4)c3C=C1CCC1(C2)OCCO1. The van der Waals surface area contributed by atoms with E-state index in [-0.39, 0.29) is 35.4 Å². The first-order chi connectivity index (χ1) is 24.5. The van der Waals surface area contributed by atoms with Crippen molar-refractivity contribution in [2.24, 2.45) is 10.8 Å². The zero-order valence-corrected chi connectivity index (χ0v) is 28.6. The van der Waals surface area contributed by atoms with Crippen LogP contribution >= 0.6 is 0 Å². The quantitative estimate of drug-likeness (QED) is 0.234. The van der Waals surface area contributed by atoms with Crippen LogP contribution in [0.4, 0.5) is 8.78 Å². The van der Waals surface area contributed by atoms with Crippen LogP contribution in [-0.2, 0) is 36.7 Å². The van der Waals surface area contributed by atoms with Gasteiger partial charge in [0.2, 0.25) is 0 Å². The molecule has 5 aliphatic rings. The van der Waals surface area contributed by atoms with Gasteiger partial charge in [-0.2, -0.15) is 10.2 Å². The van der Waals surface area contributed by atoms with Gasteiger partial charge in [0.05, 0.1) is 59.2 Å². The molecule has 11 heteroatoms. The van der Waals surface area contributed by atoms with Crippen LogP contribution < -0.4 is 0 Å². The minimum absolute atomic E-state index is 0.0435. The summed E-state index contributed by atoms with van der Waals surface area (Å²) in [6.45, 7) is 4.40. The van der Waals surface area contributed by atoms with Gasteiger partial charge in [0.25, 0.3) is 0 Å². The normalized spacial score (nSPS) is 24.3. The van der Waals surface area contributed by atoms with Crippen molar-refractivity contribution in [1.29, 1.82) is 0 Å². The highest BCUT2D eigenvalue weighted by Gasteiger charge is 2.55. The highest BCUT2D eigenvalue weighted by atomic mass is 19.1. The zero-order valence-electron chi connectivity index (χ0n) is 28.6. The minimum atomic E-state index is -0.695. The summed E-state index contributed by atoms with van der Waals surface area (Å²) in [5.41, 5.74) is 6.30. The third-order valence-corrected chi connectivity index (χ3v) is 11.4. The van der Waals surface area contributed by atoms with E-state index in [1.807, 2.05) is 17.0 Å². The number of ketones is 3. The third-order valence-electron chi connectivity index (χ3n) is 11.4. The third kappa shape index (κ3) is 5.63. The summed E-state index contributed by atoms with van der Waals surface area (Å²) < 4.78 is 41.9. The molecule has 9 nitrogen and oxygen atoms in total. The van der Waals surface area contributed by atoms with E-state index in [0.717, 1.165) is 57.9 Å². The van der Waals surface area contributed by atoms with Crippen molar-refractivity contribution in [3.8, 4) is 11.4 Å². The molecule has 0 unspecified atom stereocenters. The lowest BCUT2D eigenvalue weighted by Crippen LogP contribution is -2.49. The smallest absolute Gasteiger partial charge is 0.170 e. The minimum Gasteiger partial charge on any atom is -0.347 e. The van der Waals surface area contributed by atoms with Gasteiger partial charge in [-0.3, -0.25) is 14.4 Å². The topological polar surface area (TPSA) is 105 Å². The molecule has 262 valence electrons. The molecule has 0 radical (unpaired) electrons. The van der Waals surface area contributed by atoms with Crippen molar-refractivity contribution in [2.75, 3.05) is 13.2 Å². The number of ether oxygens (including phenoxy) is 2. The molecule has 3 fully saturated rings. The van der Waals surface area contributed by atoms with E-state index >= 15 is 0 Å². The second-order valence-electron chi connectivity index (χ2n) is 14.4. The summed E-state index contributed by atoms with van der Waals surface area (Å²) in [5, 5.41) is 8.93. The lowest BCUT2D eigenvalue weighted by atomic mass is 9.61. The number of nitrogens with zero attached hydrogens (tertiary/aromatic N) is 4. The maximum atomic E-state index is 13.3. The fourth-order valence-electron chi connectivity index (χ4n) is 8.66. The average Bonchev–Trinajstić information content (AvgIpc) is 3.86. The molecular formula is C40H38F2N4O5. The number of halogens is 2. The van der Waals surface area contributed by atoms with Crippen molar-refractivity contribution in [3.63, 3.8) is 0 Å². The van der Waals surface area contributed by atoms with Gasteiger partial charge in [0.15, 0.2) is 5.79 Å². The van der Waals surface area contributed by atoms with Gasteiger partial charge in [0.1, 0.15) is 29.0 Å². The molecular weight excluding hydrogens is 654 g/mol. The summed E-state index contributed by atoms with van der Waals surface area (Å²) in [4.78, 5) is 37.1. The molecule has 1 spiro atoms. The summed E-state index contributed by atoms with van der Waals surface area (Å²) in [6.07, 6.45) is 12.2. The number of carbonyl (C=O) groups excluding carboxylic acids is 3. The fraction of sp³-hybridized carbons (Fsp3) is 0.375. The zero-order chi connectivity index (χ0) is 35.5. The molecule has 9 rings (SSSR count). The van der Waals surface area contributed by atoms with E-state index in [9.17, 15) is 23.2 Å².